The predicted octanol–water partition coefficient (Wildman–Crippen LogP) is 2.40. The van der Waals surface area contributed by atoms with Gasteiger partial charge in [0.05, 0.1) is 10.6 Å². The summed E-state index contributed by atoms with van der Waals surface area (Å²) in [6.45, 7) is 6.29. The first-order valence-electron chi connectivity index (χ1n) is 7.94. The van der Waals surface area contributed by atoms with E-state index in [1.807, 2.05) is 20.8 Å². The van der Waals surface area contributed by atoms with E-state index < -0.39 is 10.0 Å². The van der Waals surface area contributed by atoms with Crippen LogP contribution in [0, 0.1) is 5.41 Å². The Hall–Kier alpha value is -1.73. The summed E-state index contributed by atoms with van der Waals surface area (Å²) >= 11 is 0. The van der Waals surface area contributed by atoms with E-state index in [1.54, 1.807) is 7.05 Å². The molecule has 1 aliphatic heterocycles. The predicted molar refractivity (Wildman–Crippen MR) is 92.1 cm³/mol. The maximum absolute atomic E-state index is 12.6. The highest BCUT2D eigenvalue weighted by molar-refractivity contribution is 7.89. The highest BCUT2D eigenvalue weighted by Crippen LogP contribution is 2.25. The van der Waals surface area contributed by atoms with E-state index in [0.29, 0.717) is 31.5 Å². The molecule has 6 nitrogen and oxygen atoms in total. The Kier molecular flexibility index (Phi) is 5.15. The fourth-order valence-electron chi connectivity index (χ4n) is 2.74. The highest BCUT2D eigenvalue weighted by atomic mass is 32.2. The average molecular weight is 352 g/mol. The maximum Gasteiger partial charge on any atom is 0.242 e. The van der Waals surface area contributed by atoms with Crippen LogP contribution in [0.5, 0.6) is 0 Å². The van der Waals surface area contributed by atoms with Crippen LogP contribution in [-0.4, -0.2) is 38.1 Å². The minimum Gasteiger partial charge on any atom is -0.274 e. The Morgan fingerprint density at radius 1 is 1.04 bits per heavy atom. The van der Waals surface area contributed by atoms with Crippen molar-refractivity contribution in [1.29, 1.82) is 0 Å². The fraction of sp³-hybridized carbons (Fsp3) is 0.529. The third kappa shape index (κ3) is 4.02. The monoisotopic (exact) mass is 352 g/mol. The molecule has 0 unspecified atom stereocenters. The van der Waals surface area contributed by atoms with Gasteiger partial charge in [0.15, 0.2) is 0 Å². The first-order chi connectivity index (χ1) is 11.0. The van der Waals surface area contributed by atoms with Gasteiger partial charge in [-0.25, -0.2) is 12.7 Å². The number of imide groups is 1. The number of carbonyl (C=O) groups excluding carboxylic acids is 2. The van der Waals surface area contributed by atoms with Gasteiger partial charge in [-0.15, -0.1) is 0 Å². The molecule has 0 radical (unpaired) electrons. The number of hydrogen-bond donors (Lipinski definition) is 0. The Morgan fingerprint density at radius 3 is 2.00 bits per heavy atom. The van der Waals surface area contributed by atoms with E-state index in [-0.39, 0.29) is 22.1 Å². The van der Waals surface area contributed by atoms with E-state index in [4.69, 9.17) is 0 Å². The van der Waals surface area contributed by atoms with Gasteiger partial charge in [0.25, 0.3) is 0 Å². The van der Waals surface area contributed by atoms with Crippen molar-refractivity contribution in [3.05, 3.63) is 24.3 Å². The number of rotatable bonds is 4. The molecular weight excluding hydrogens is 328 g/mol. The fourth-order valence-corrected chi connectivity index (χ4v) is 4.14. The van der Waals surface area contributed by atoms with Crippen molar-refractivity contribution in [2.45, 2.75) is 44.9 Å². The SMILES string of the molecule is CN(CC(C)(C)C)S(=O)(=O)c1ccc(N2C(=O)CCCC2=O)cc1. The Labute approximate surface area is 143 Å². The number of sulfonamides is 1. The number of nitrogens with zero attached hydrogens (tertiary/aromatic N) is 2. The zero-order valence-corrected chi connectivity index (χ0v) is 15.4. The lowest BCUT2D eigenvalue weighted by molar-refractivity contribution is -0.129. The van der Waals surface area contributed by atoms with Gasteiger partial charge in [0.2, 0.25) is 21.8 Å². The average Bonchev–Trinajstić information content (AvgIpc) is 2.46. The minimum absolute atomic E-state index is 0.148. The van der Waals surface area contributed by atoms with Crippen LogP contribution in [0.3, 0.4) is 0 Å². The molecule has 1 heterocycles. The minimum atomic E-state index is -3.60. The molecule has 1 fully saturated rings. The zero-order chi connectivity index (χ0) is 18.1. The van der Waals surface area contributed by atoms with Crippen LogP contribution in [0.25, 0.3) is 0 Å². The first kappa shape index (κ1) is 18.6. The molecular formula is C17H24N2O4S. The van der Waals surface area contributed by atoms with Gasteiger partial charge in [-0.3, -0.25) is 14.5 Å². The van der Waals surface area contributed by atoms with Crippen LogP contribution in [0.2, 0.25) is 0 Å². The number of anilines is 1. The van der Waals surface area contributed by atoms with Crippen molar-refractivity contribution in [3.63, 3.8) is 0 Å². The number of hydrogen-bond acceptors (Lipinski definition) is 4. The molecule has 1 aromatic rings. The molecule has 0 N–H and O–H groups in total. The molecule has 0 bridgehead atoms. The van der Waals surface area contributed by atoms with E-state index in [9.17, 15) is 18.0 Å². The molecule has 1 aromatic carbocycles. The lowest BCUT2D eigenvalue weighted by Crippen LogP contribution is -2.40. The number of benzene rings is 1. The lowest BCUT2D eigenvalue weighted by Gasteiger charge is -2.27. The van der Waals surface area contributed by atoms with Crippen molar-refractivity contribution >= 4 is 27.5 Å². The second-order valence-electron chi connectivity index (χ2n) is 7.29. The van der Waals surface area contributed by atoms with E-state index in [2.05, 4.69) is 0 Å². The summed E-state index contributed by atoms with van der Waals surface area (Å²) in [6, 6.07) is 5.91. The molecule has 2 rings (SSSR count). The standard InChI is InChI=1S/C17H24N2O4S/c1-17(2,3)12-18(4)24(22,23)14-10-8-13(9-11-14)19-15(20)6-5-7-16(19)21/h8-11H,5-7,12H2,1-4H3. The molecule has 1 saturated heterocycles. The van der Waals surface area contributed by atoms with Crippen LogP contribution < -0.4 is 4.90 Å². The number of amides is 2. The van der Waals surface area contributed by atoms with Crippen molar-refractivity contribution in [1.82, 2.24) is 4.31 Å². The van der Waals surface area contributed by atoms with Crippen molar-refractivity contribution in [2.75, 3.05) is 18.5 Å². The second kappa shape index (κ2) is 6.64. The van der Waals surface area contributed by atoms with Crippen LogP contribution in [0.1, 0.15) is 40.0 Å². The molecule has 0 atom stereocenters. The van der Waals surface area contributed by atoms with Gasteiger partial charge < -0.3 is 0 Å². The zero-order valence-electron chi connectivity index (χ0n) is 14.6. The van der Waals surface area contributed by atoms with Crippen LogP contribution in [0.4, 0.5) is 5.69 Å². The molecule has 24 heavy (non-hydrogen) atoms. The van der Waals surface area contributed by atoms with Gasteiger partial charge in [-0.05, 0) is 36.1 Å². The summed E-state index contributed by atoms with van der Waals surface area (Å²) in [5, 5.41) is 0. The van der Waals surface area contributed by atoms with E-state index in [1.165, 1.54) is 28.6 Å². The van der Waals surface area contributed by atoms with Crippen LogP contribution >= 0.6 is 0 Å². The number of carbonyl (C=O) groups is 2. The quantitative estimate of drug-likeness (QED) is 0.780. The van der Waals surface area contributed by atoms with E-state index >= 15 is 0 Å². The third-order valence-electron chi connectivity index (χ3n) is 3.78. The third-order valence-corrected chi connectivity index (χ3v) is 5.60. The highest BCUT2D eigenvalue weighted by Gasteiger charge is 2.29. The summed E-state index contributed by atoms with van der Waals surface area (Å²) in [5.41, 5.74) is 0.260. The molecule has 2 amide bonds. The van der Waals surface area contributed by atoms with Crippen molar-refractivity contribution < 1.29 is 18.0 Å². The first-order valence-corrected chi connectivity index (χ1v) is 9.38. The summed E-state index contributed by atoms with van der Waals surface area (Å²) in [4.78, 5) is 25.1. The van der Waals surface area contributed by atoms with E-state index in [0.717, 1.165) is 4.90 Å². The second-order valence-corrected chi connectivity index (χ2v) is 9.34. The Bertz CT molecular complexity index is 717. The normalized spacial score (nSPS) is 16.8. The van der Waals surface area contributed by atoms with Crippen molar-refractivity contribution in [2.24, 2.45) is 5.41 Å². The summed E-state index contributed by atoms with van der Waals surface area (Å²) in [7, 11) is -2.05. The largest absolute Gasteiger partial charge is 0.274 e. The summed E-state index contributed by atoms with van der Waals surface area (Å²) in [6.07, 6.45) is 1.23. The molecule has 132 valence electrons. The lowest BCUT2D eigenvalue weighted by atomic mass is 9.97. The van der Waals surface area contributed by atoms with Crippen LogP contribution in [0.15, 0.2) is 29.2 Å². The van der Waals surface area contributed by atoms with Gasteiger partial charge >= 0.3 is 0 Å². The molecule has 7 heteroatoms. The smallest absolute Gasteiger partial charge is 0.242 e. The van der Waals surface area contributed by atoms with Gasteiger partial charge in [-0.2, -0.15) is 0 Å². The Balaban J connectivity index is 2.25. The van der Waals surface area contributed by atoms with Crippen molar-refractivity contribution in [3.8, 4) is 0 Å². The molecule has 0 spiro atoms. The van der Waals surface area contributed by atoms with Gasteiger partial charge in [0, 0.05) is 26.4 Å². The topological polar surface area (TPSA) is 74.8 Å². The molecule has 1 aliphatic rings. The van der Waals surface area contributed by atoms with Gasteiger partial charge in [0.1, 0.15) is 0 Å². The number of piperidine rings is 1. The Morgan fingerprint density at radius 2 is 1.54 bits per heavy atom. The molecule has 0 aliphatic carbocycles. The summed E-state index contributed by atoms with van der Waals surface area (Å²) in [5.74, 6) is -0.488. The maximum atomic E-state index is 12.6. The summed E-state index contributed by atoms with van der Waals surface area (Å²) < 4.78 is 26.5. The molecule has 0 saturated carbocycles. The van der Waals surface area contributed by atoms with Crippen LogP contribution in [-0.2, 0) is 19.6 Å². The molecule has 0 aromatic heterocycles. The van der Waals surface area contributed by atoms with Gasteiger partial charge in [-0.1, -0.05) is 20.8 Å².